The molecule has 1 aromatic rings. The molecule has 0 saturated carbocycles. The van der Waals surface area contributed by atoms with Gasteiger partial charge in [0.05, 0.1) is 11.9 Å². The van der Waals surface area contributed by atoms with Gasteiger partial charge in [-0.05, 0) is 28.1 Å². The quantitative estimate of drug-likeness (QED) is 0.804. The van der Waals surface area contributed by atoms with Crippen LogP contribution in [0.1, 0.15) is 0 Å². The molecule has 0 bridgehead atoms. The summed E-state index contributed by atoms with van der Waals surface area (Å²) in [5.74, 6) is 0. The van der Waals surface area contributed by atoms with Gasteiger partial charge in [-0.3, -0.25) is 4.72 Å². The molecule has 0 fully saturated rings. The van der Waals surface area contributed by atoms with Crippen molar-refractivity contribution in [3.05, 3.63) is 22.9 Å². The van der Waals surface area contributed by atoms with Crippen molar-refractivity contribution in [3.63, 3.8) is 0 Å². The summed E-state index contributed by atoms with van der Waals surface area (Å²) in [5, 5.41) is 0. The normalized spacial score (nSPS) is 11.2. The molecule has 66 valence electrons. The van der Waals surface area contributed by atoms with Crippen molar-refractivity contribution in [2.24, 2.45) is 0 Å². The summed E-state index contributed by atoms with van der Waals surface area (Å²) < 4.78 is 24.4. The van der Waals surface area contributed by atoms with E-state index in [1.807, 2.05) is 0 Å². The minimum absolute atomic E-state index is 0.444. The molecule has 1 heterocycles. The minimum Gasteiger partial charge on any atom is -0.281 e. The second-order valence-electron chi connectivity index (χ2n) is 2.22. The Labute approximate surface area is 79.2 Å². The van der Waals surface area contributed by atoms with Crippen molar-refractivity contribution >= 4 is 31.6 Å². The molecule has 0 aliphatic heterocycles. The summed E-state index contributed by atoms with van der Waals surface area (Å²) in [6, 6.07) is 3.27. The molecule has 6 heteroatoms. The van der Waals surface area contributed by atoms with Gasteiger partial charge < -0.3 is 0 Å². The van der Waals surface area contributed by atoms with E-state index in [-0.39, 0.29) is 0 Å². The highest BCUT2D eigenvalue weighted by Gasteiger charge is 2.04. The van der Waals surface area contributed by atoms with Crippen LogP contribution in [0.5, 0.6) is 0 Å². The average molecular weight is 251 g/mol. The van der Waals surface area contributed by atoms with E-state index in [1.54, 1.807) is 18.3 Å². The summed E-state index contributed by atoms with van der Waals surface area (Å²) in [4.78, 5) is 3.85. The lowest BCUT2D eigenvalue weighted by Gasteiger charge is -2.03. The molecule has 0 amide bonds. The van der Waals surface area contributed by atoms with E-state index in [4.69, 9.17) is 0 Å². The van der Waals surface area contributed by atoms with Crippen LogP contribution in [-0.4, -0.2) is 19.7 Å². The first-order valence-electron chi connectivity index (χ1n) is 3.07. The lowest BCUT2D eigenvalue weighted by atomic mass is 10.4. The Hall–Kier alpha value is -0.620. The molecule has 0 aliphatic rings. The molecule has 0 atom stereocenters. The third-order valence-corrected chi connectivity index (χ3v) is 2.28. The summed E-state index contributed by atoms with van der Waals surface area (Å²) >= 11 is 3.11. The van der Waals surface area contributed by atoms with Crippen molar-refractivity contribution < 1.29 is 8.42 Å². The SMILES string of the molecule is CS(=O)(=O)Nc1cccnc1Br. The van der Waals surface area contributed by atoms with Gasteiger partial charge in [0.15, 0.2) is 0 Å². The second kappa shape index (κ2) is 3.40. The number of nitrogens with one attached hydrogen (secondary N) is 1. The minimum atomic E-state index is -3.22. The lowest BCUT2D eigenvalue weighted by molar-refractivity contribution is 0.606. The molecule has 0 aliphatic carbocycles. The predicted octanol–water partition coefficient (Wildman–Crippen LogP) is 1.22. The number of rotatable bonds is 2. The van der Waals surface area contributed by atoms with Crippen molar-refractivity contribution in [1.82, 2.24) is 4.98 Å². The highest BCUT2D eigenvalue weighted by Crippen LogP contribution is 2.18. The van der Waals surface area contributed by atoms with Crippen LogP contribution in [0, 0.1) is 0 Å². The number of pyridine rings is 1. The first kappa shape index (κ1) is 9.47. The van der Waals surface area contributed by atoms with E-state index < -0.39 is 10.0 Å². The summed E-state index contributed by atoms with van der Waals surface area (Å²) in [6.45, 7) is 0. The third-order valence-electron chi connectivity index (χ3n) is 1.05. The van der Waals surface area contributed by atoms with Gasteiger partial charge in [0.2, 0.25) is 10.0 Å². The van der Waals surface area contributed by atoms with E-state index in [0.717, 1.165) is 6.26 Å². The molecule has 0 unspecified atom stereocenters. The third kappa shape index (κ3) is 2.78. The maximum Gasteiger partial charge on any atom is 0.229 e. The highest BCUT2D eigenvalue weighted by atomic mass is 79.9. The standard InChI is InChI=1S/C6H7BrN2O2S/c1-12(10,11)9-5-3-2-4-8-6(5)7/h2-4,9H,1H3. The zero-order valence-electron chi connectivity index (χ0n) is 6.28. The molecule has 0 aromatic carbocycles. The Morgan fingerprint density at radius 2 is 2.25 bits per heavy atom. The van der Waals surface area contributed by atoms with Crippen LogP contribution in [-0.2, 0) is 10.0 Å². The van der Waals surface area contributed by atoms with Crippen LogP contribution in [0.4, 0.5) is 5.69 Å². The van der Waals surface area contributed by atoms with Crippen LogP contribution >= 0.6 is 15.9 Å². The smallest absolute Gasteiger partial charge is 0.229 e. The molecule has 1 rings (SSSR count). The number of halogens is 1. The van der Waals surface area contributed by atoms with Crippen LogP contribution in [0.2, 0.25) is 0 Å². The van der Waals surface area contributed by atoms with E-state index in [0.29, 0.717) is 10.3 Å². The molecule has 1 aromatic heterocycles. The zero-order chi connectivity index (χ0) is 9.19. The Morgan fingerprint density at radius 3 is 2.75 bits per heavy atom. The van der Waals surface area contributed by atoms with E-state index >= 15 is 0 Å². The number of hydrogen-bond donors (Lipinski definition) is 1. The summed E-state index contributed by atoms with van der Waals surface area (Å²) in [5.41, 5.74) is 0.444. The fourth-order valence-corrected chi connectivity index (χ4v) is 1.71. The maximum atomic E-state index is 10.8. The summed E-state index contributed by atoms with van der Waals surface area (Å²) in [6.07, 6.45) is 2.66. The largest absolute Gasteiger partial charge is 0.281 e. The van der Waals surface area contributed by atoms with Crippen LogP contribution < -0.4 is 4.72 Å². The number of nitrogens with zero attached hydrogens (tertiary/aromatic N) is 1. The fraction of sp³-hybridized carbons (Fsp3) is 0.167. The van der Waals surface area contributed by atoms with Gasteiger partial charge in [-0.15, -0.1) is 0 Å². The molecule has 1 N–H and O–H groups in total. The fourth-order valence-electron chi connectivity index (χ4n) is 0.662. The Kier molecular flexibility index (Phi) is 2.69. The van der Waals surface area contributed by atoms with Gasteiger partial charge in [-0.1, -0.05) is 0 Å². The van der Waals surface area contributed by atoms with Crippen LogP contribution in [0.3, 0.4) is 0 Å². The topological polar surface area (TPSA) is 59.1 Å². The van der Waals surface area contributed by atoms with E-state index in [9.17, 15) is 8.42 Å². The van der Waals surface area contributed by atoms with Gasteiger partial charge in [-0.25, -0.2) is 13.4 Å². The second-order valence-corrected chi connectivity index (χ2v) is 4.72. The molecule has 4 nitrogen and oxygen atoms in total. The zero-order valence-corrected chi connectivity index (χ0v) is 8.68. The van der Waals surface area contributed by atoms with Gasteiger partial charge in [0, 0.05) is 6.20 Å². The van der Waals surface area contributed by atoms with Crippen molar-refractivity contribution in [3.8, 4) is 0 Å². The number of hydrogen-bond acceptors (Lipinski definition) is 3. The molecular formula is C6H7BrN2O2S. The monoisotopic (exact) mass is 250 g/mol. The maximum absolute atomic E-state index is 10.8. The number of anilines is 1. The van der Waals surface area contributed by atoms with E-state index in [2.05, 4.69) is 25.6 Å². The van der Waals surface area contributed by atoms with Crippen LogP contribution in [0.25, 0.3) is 0 Å². The molecule has 0 spiro atoms. The molecule has 0 radical (unpaired) electrons. The lowest BCUT2D eigenvalue weighted by Crippen LogP contribution is -2.10. The Bertz CT molecular complexity index is 377. The highest BCUT2D eigenvalue weighted by molar-refractivity contribution is 9.10. The Balaban J connectivity index is 2.98. The van der Waals surface area contributed by atoms with Crippen molar-refractivity contribution in [2.45, 2.75) is 0 Å². The first-order valence-corrected chi connectivity index (χ1v) is 5.76. The van der Waals surface area contributed by atoms with Gasteiger partial charge in [-0.2, -0.15) is 0 Å². The van der Waals surface area contributed by atoms with Gasteiger partial charge in [0.25, 0.3) is 0 Å². The first-order chi connectivity index (χ1) is 5.49. The number of aromatic nitrogens is 1. The Morgan fingerprint density at radius 1 is 1.58 bits per heavy atom. The van der Waals surface area contributed by atoms with Crippen molar-refractivity contribution in [2.75, 3.05) is 11.0 Å². The molecular weight excluding hydrogens is 244 g/mol. The molecule has 12 heavy (non-hydrogen) atoms. The van der Waals surface area contributed by atoms with E-state index in [1.165, 1.54) is 0 Å². The summed E-state index contributed by atoms with van der Waals surface area (Å²) in [7, 11) is -3.22. The van der Waals surface area contributed by atoms with Crippen LogP contribution in [0.15, 0.2) is 22.9 Å². The predicted molar refractivity (Wildman–Crippen MR) is 50.4 cm³/mol. The average Bonchev–Trinajstić information content (AvgIpc) is 1.91. The molecule has 0 saturated heterocycles. The number of sulfonamides is 1. The van der Waals surface area contributed by atoms with Gasteiger partial charge >= 0.3 is 0 Å². The van der Waals surface area contributed by atoms with Gasteiger partial charge in [0.1, 0.15) is 4.60 Å². The van der Waals surface area contributed by atoms with Crippen molar-refractivity contribution in [1.29, 1.82) is 0 Å².